The summed E-state index contributed by atoms with van der Waals surface area (Å²) in [6, 6.07) is 27.5. The molecule has 4 saturated heterocycles. The fourth-order valence-electron chi connectivity index (χ4n) is 10.2. The van der Waals surface area contributed by atoms with Crippen LogP contribution in [0.25, 0.3) is 0 Å². The van der Waals surface area contributed by atoms with Crippen LogP contribution in [0.4, 0.5) is 0 Å². The van der Waals surface area contributed by atoms with Crippen molar-refractivity contribution in [1.82, 2.24) is 0 Å². The number of rotatable bonds is 23. The van der Waals surface area contributed by atoms with Crippen LogP contribution in [0.1, 0.15) is 139 Å². The standard InChI is InChI=1S/C55H73NO15S/c1-35-26-45(69-54(65-35)37-9-3-12-40(58)28-37)18-7-19-46-33-50(67-52(66-46)34-64-44-20-22-51(23-21-44)72(56)62)31-43(61)15-6-17-48-32-47(70-55(71-48)38-10-4-13-41(59)29-38)16-5-14-42(60)30-49-24-25-63-53(68-49)36-8-2-11-39(57)27-36/h2-4,8-13,20-23,27-29,35,42-43,45-50,52-55,57-61H,5-7,14-19,24-26,30-34,56H2,1H3. The third-order valence-corrected chi connectivity index (χ3v) is 14.5. The fraction of sp³-hybridized carbons (Fsp3) is 0.564. The molecule has 0 aromatic heterocycles. The highest BCUT2D eigenvalue weighted by Crippen LogP contribution is 2.37. The summed E-state index contributed by atoms with van der Waals surface area (Å²) in [5.74, 6) is 0.994. The quantitative estimate of drug-likeness (QED) is 0.0381. The summed E-state index contributed by atoms with van der Waals surface area (Å²) >= 11 is -1.60. The molecule has 0 amide bonds. The van der Waals surface area contributed by atoms with E-state index in [1.807, 2.05) is 25.1 Å². The molecule has 7 N–H and O–H groups in total. The van der Waals surface area contributed by atoms with Gasteiger partial charge in [-0.25, -0.2) is 0 Å². The summed E-state index contributed by atoms with van der Waals surface area (Å²) in [5.41, 5.74) is 2.24. The molecule has 16 nitrogen and oxygen atoms in total. The minimum atomic E-state index is -1.60. The highest BCUT2D eigenvalue weighted by atomic mass is 32.2. The molecule has 0 spiro atoms. The van der Waals surface area contributed by atoms with E-state index >= 15 is 0 Å². The lowest BCUT2D eigenvalue weighted by Gasteiger charge is -2.37. The first kappa shape index (κ1) is 54.2. The van der Waals surface area contributed by atoms with E-state index in [0.717, 1.165) is 48.8 Å². The Morgan fingerprint density at radius 1 is 0.583 bits per heavy atom. The molecule has 4 aromatic rings. The van der Waals surface area contributed by atoms with Crippen molar-refractivity contribution in [3.63, 3.8) is 0 Å². The first-order valence-corrected chi connectivity index (χ1v) is 26.9. The molecule has 394 valence electrons. The van der Waals surface area contributed by atoms with Crippen molar-refractivity contribution in [3.8, 4) is 23.0 Å². The highest BCUT2D eigenvalue weighted by Gasteiger charge is 2.35. The molecule has 4 heterocycles. The van der Waals surface area contributed by atoms with Gasteiger partial charge >= 0.3 is 0 Å². The predicted octanol–water partition coefficient (Wildman–Crippen LogP) is 8.95. The number of aliphatic hydroxyl groups excluding tert-OH is 2. The molecule has 8 rings (SSSR count). The highest BCUT2D eigenvalue weighted by molar-refractivity contribution is 7.89. The maximum atomic E-state index is 11.7. The van der Waals surface area contributed by atoms with Crippen molar-refractivity contribution in [2.75, 3.05) is 13.2 Å². The van der Waals surface area contributed by atoms with E-state index < -0.39 is 48.7 Å². The van der Waals surface area contributed by atoms with Crippen molar-refractivity contribution in [2.24, 2.45) is 5.14 Å². The molecule has 14 atom stereocenters. The van der Waals surface area contributed by atoms with Crippen LogP contribution in [-0.4, -0.2) is 105 Å². The van der Waals surface area contributed by atoms with Crippen LogP contribution < -0.4 is 9.88 Å². The van der Waals surface area contributed by atoms with E-state index in [0.29, 0.717) is 81.5 Å². The van der Waals surface area contributed by atoms with Crippen LogP contribution in [0.5, 0.6) is 23.0 Å². The number of hydrogen-bond donors (Lipinski definition) is 6. The van der Waals surface area contributed by atoms with E-state index in [4.69, 9.17) is 47.8 Å². The number of aliphatic hydroxyl groups is 2. The molecule has 4 aliphatic rings. The fourth-order valence-corrected chi connectivity index (χ4v) is 10.6. The number of nitrogens with two attached hydrogens (primary N) is 1. The molecule has 0 radical (unpaired) electrons. The van der Waals surface area contributed by atoms with Gasteiger partial charge in [0.25, 0.3) is 0 Å². The zero-order valence-electron chi connectivity index (χ0n) is 41.1. The van der Waals surface area contributed by atoms with Gasteiger partial charge in [-0.2, -0.15) is 0 Å². The van der Waals surface area contributed by atoms with E-state index in [2.05, 4.69) is 0 Å². The molecular formula is C55H73NO15S. The van der Waals surface area contributed by atoms with Gasteiger partial charge in [0.15, 0.2) is 30.1 Å². The Morgan fingerprint density at radius 3 is 1.62 bits per heavy atom. The average Bonchev–Trinajstić information content (AvgIpc) is 3.36. The number of aromatic hydroxyl groups is 3. The average molecular weight is 1020 g/mol. The second-order valence-electron chi connectivity index (χ2n) is 19.7. The normalized spacial score (nSPS) is 29.3. The van der Waals surface area contributed by atoms with Gasteiger partial charge in [-0.15, -0.1) is 5.14 Å². The zero-order chi connectivity index (χ0) is 50.4. The zero-order valence-corrected chi connectivity index (χ0v) is 41.9. The molecule has 17 heteroatoms. The Hall–Kier alpha value is -4.05. The van der Waals surface area contributed by atoms with Crippen molar-refractivity contribution < 1.29 is 72.7 Å². The molecule has 4 aromatic carbocycles. The minimum Gasteiger partial charge on any atom is -0.593 e. The number of benzene rings is 4. The number of ether oxygens (including phenoxy) is 9. The Balaban J connectivity index is 0.818. The van der Waals surface area contributed by atoms with Crippen molar-refractivity contribution >= 4 is 11.4 Å². The Morgan fingerprint density at radius 2 is 1.06 bits per heavy atom. The maximum absolute atomic E-state index is 11.7. The van der Waals surface area contributed by atoms with Gasteiger partial charge in [-0.05, 0) is 151 Å². The van der Waals surface area contributed by atoms with Gasteiger partial charge < -0.3 is 72.7 Å². The monoisotopic (exact) mass is 1020 g/mol. The Bertz CT molecular complexity index is 2240. The van der Waals surface area contributed by atoms with Crippen molar-refractivity contribution in [1.29, 1.82) is 0 Å². The largest absolute Gasteiger partial charge is 0.593 e. The molecule has 14 unspecified atom stereocenters. The minimum absolute atomic E-state index is 0.0102. The number of phenols is 3. The lowest BCUT2D eigenvalue weighted by molar-refractivity contribution is -0.258. The first-order valence-electron chi connectivity index (χ1n) is 25.7. The molecule has 4 fully saturated rings. The summed E-state index contributed by atoms with van der Waals surface area (Å²) in [6.07, 6.45) is 5.27. The van der Waals surface area contributed by atoms with E-state index in [9.17, 15) is 30.1 Å². The maximum Gasteiger partial charge on any atom is 0.192 e. The molecule has 0 aliphatic carbocycles. The Kier molecular flexibility index (Phi) is 20.3. The second-order valence-corrected chi connectivity index (χ2v) is 20.8. The summed E-state index contributed by atoms with van der Waals surface area (Å²) in [6.45, 7) is 2.66. The van der Waals surface area contributed by atoms with Crippen molar-refractivity contribution in [2.45, 2.75) is 188 Å². The van der Waals surface area contributed by atoms with Gasteiger partial charge in [0, 0.05) is 29.5 Å². The van der Waals surface area contributed by atoms with Gasteiger partial charge in [-0.1, -0.05) is 36.4 Å². The van der Waals surface area contributed by atoms with Gasteiger partial charge in [0.05, 0.1) is 72.9 Å². The third-order valence-electron chi connectivity index (χ3n) is 13.8. The van der Waals surface area contributed by atoms with E-state index in [-0.39, 0.29) is 66.6 Å². The lowest BCUT2D eigenvalue weighted by Crippen LogP contribution is -2.42. The second kappa shape index (κ2) is 26.9. The van der Waals surface area contributed by atoms with Crippen LogP contribution in [-0.2, 0) is 49.3 Å². The summed E-state index contributed by atoms with van der Waals surface area (Å²) in [5, 5.41) is 58.4. The Labute approximate surface area is 425 Å². The number of hydrogen-bond acceptors (Lipinski definition) is 16. The lowest BCUT2D eigenvalue weighted by atomic mass is 9.95. The summed E-state index contributed by atoms with van der Waals surface area (Å²) in [4.78, 5) is 0.490. The van der Waals surface area contributed by atoms with E-state index in [1.54, 1.807) is 78.9 Å². The first-order chi connectivity index (χ1) is 34.9. The van der Waals surface area contributed by atoms with Crippen LogP contribution in [0.3, 0.4) is 0 Å². The van der Waals surface area contributed by atoms with Crippen LogP contribution >= 0.6 is 0 Å². The van der Waals surface area contributed by atoms with E-state index in [1.165, 1.54) is 0 Å². The molecule has 0 saturated carbocycles. The topological polar surface area (TPSA) is 233 Å². The van der Waals surface area contributed by atoms with Crippen LogP contribution in [0.2, 0.25) is 0 Å². The van der Waals surface area contributed by atoms with Gasteiger partial charge in [-0.3, -0.25) is 0 Å². The molecule has 72 heavy (non-hydrogen) atoms. The molecular weight excluding hydrogens is 947 g/mol. The molecule has 4 aliphatic heterocycles. The SMILES string of the molecule is CC1CC(CCCC2CC(CC(O)CCCC3CC(CCCC(O)CC4CCOC(c5cccc(O)c5)O4)OC(c4cccc(O)c4)O3)OC(COc3ccc([S+](N)[O-])cc3)O2)OC(c2cccc(O)c2)O1. The van der Waals surface area contributed by atoms with Crippen molar-refractivity contribution in [3.05, 3.63) is 114 Å². The smallest absolute Gasteiger partial charge is 0.192 e. The van der Waals surface area contributed by atoms with Crippen LogP contribution in [0.15, 0.2) is 102 Å². The molecule has 0 bridgehead atoms. The summed E-state index contributed by atoms with van der Waals surface area (Å²) in [7, 11) is 0. The predicted molar refractivity (Wildman–Crippen MR) is 266 cm³/mol. The van der Waals surface area contributed by atoms with Crippen LogP contribution in [0, 0.1) is 0 Å². The summed E-state index contributed by atoms with van der Waals surface area (Å²) < 4.78 is 68.0. The van der Waals surface area contributed by atoms with Gasteiger partial charge in [0.1, 0.15) is 29.6 Å². The number of phenolic OH excluding ortho intramolecular Hbond substituents is 3. The third kappa shape index (κ3) is 16.7. The van der Waals surface area contributed by atoms with Gasteiger partial charge in [0.2, 0.25) is 0 Å².